The molecule has 18 heavy (non-hydrogen) atoms. The van der Waals surface area contributed by atoms with E-state index in [4.69, 9.17) is 0 Å². The lowest BCUT2D eigenvalue weighted by molar-refractivity contribution is 0.340. The Bertz CT molecular complexity index is 403. The molecule has 1 aliphatic rings. The first kappa shape index (κ1) is 13.9. The highest BCUT2D eigenvalue weighted by Crippen LogP contribution is 2.24. The summed E-state index contributed by atoms with van der Waals surface area (Å²) in [6, 6.07) is 2.69. The maximum atomic E-state index is 13.7. The van der Waals surface area contributed by atoms with Crippen molar-refractivity contribution in [2.24, 2.45) is 5.92 Å². The Kier molecular flexibility index (Phi) is 5.13. The zero-order valence-corrected chi connectivity index (χ0v) is 11.9. The van der Waals surface area contributed by atoms with Crippen molar-refractivity contribution in [2.75, 3.05) is 6.54 Å². The van der Waals surface area contributed by atoms with Gasteiger partial charge in [0.05, 0.1) is 4.47 Å². The second-order valence-corrected chi connectivity index (χ2v) is 5.81. The third-order valence-electron chi connectivity index (χ3n) is 3.60. The molecule has 0 aromatic heterocycles. The van der Waals surface area contributed by atoms with Crippen molar-refractivity contribution in [2.45, 2.75) is 38.6 Å². The summed E-state index contributed by atoms with van der Waals surface area (Å²) in [5.41, 5.74) is 0.125. The van der Waals surface area contributed by atoms with E-state index in [1.165, 1.54) is 44.2 Å². The maximum absolute atomic E-state index is 13.7. The Balaban J connectivity index is 1.88. The van der Waals surface area contributed by atoms with Crippen molar-refractivity contribution in [3.63, 3.8) is 0 Å². The largest absolute Gasteiger partial charge is 0.312 e. The van der Waals surface area contributed by atoms with Gasteiger partial charge in [0, 0.05) is 12.1 Å². The van der Waals surface area contributed by atoms with Gasteiger partial charge in [-0.15, -0.1) is 0 Å². The molecule has 1 aromatic carbocycles. The van der Waals surface area contributed by atoms with Crippen LogP contribution in [0.2, 0.25) is 0 Å². The van der Waals surface area contributed by atoms with Crippen molar-refractivity contribution in [3.8, 4) is 0 Å². The van der Waals surface area contributed by atoms with Crippen molar-refractivity contribution < 1.29 is 8.78 Å². The summed E-state index contributed by atoms with van der Waals surface area (Å²) < 4.78 is 27.5. The van der Waals surface area contributed by atoms with E-state index in [0.717, 1.165) is 6.54 Å². The monoisotopic (exact) mass is 317 g/mol. The van der Waals surface area contributed by atoms with Crippen LogP contribution in [-0.4, -0.2) is 6.54 Å². The minimum atomic E-state index is -0.494. The lowest BCUT2D eigenvalue weighted by atomic mass is 9.89. The van der Waals surface area contributed by atoms with E-state index in [-0.39, 0.29) is 12.1 Å². The smallest absolute Gasteiger partial charge is 0.144 e. The van der Waals surface area contributed by atoms with Gasteiger partial charge in [-0.05, 0) is 53.4 Å². The van der Waals surface area contributed by atoms with E-state index in [1.807, 2.05) is 0 Å². The molecule has 0 bridgehead atoms. The number of halogens is 3. The average molecular weight is 318 g/mol. The molecule has 1 nitrogen and oxygen atoms in total. The van der Waals surface area contributed by atoms with E-state index in [0.29, 0.717) is 10.4 Å². The summed E-state index contributed by atoms with van der Waals surface area (Å²) >= 11 is 3.08. The van der Waals surface area contributed by atoms with E-state index < -0.39 is 11.6 Å². The predicted molar refractivity (Wildman–Crippen MR) is 72.3 cm³/mol. The molecule has 0 amide bonds. The second kappa shape index (κ2) is 6.62. The van der Waals surface area contributed by atoms with Gasteiger partial charge in [0.1, 0.15) is 11.6 Å². The fourth-order valence-corrected chi connectivity index (χ4v) is 2.90. The standard InChI is InChI=1S/C14H18BrF2N/c15-12-6-7-13(16)11(14(12)17)9-18-8-10-4-2-1-3-5-10/h6-7,10,18H,1-5,8-9H2. The van der Waals surface area contributed by atoms with Crippen molar-refractivity contribution >= 4 is 15.9 Å². The molecule has 2 rings (SSSR count). The summed E-state index contributed by atoms with van der Waals surface area (Å²) in [7, 11) is 0. The highest BCUT2D eigenvalue weighted by atomic mass is 79.9. The molecule has 0 aliphatic heterocycles. The minimum absolute atomic E-state index is 0.125. The quantitative estimate of drug-likeness (QED) is 0.812. The first-order valence-corrected chi connectivity index (χ1v) is 7.31. The van der Waals surface area contributed by atoms with Gasteiger partial charge in [-0.1, -0.05) is 19.3 Å². The normalized spacial score (nSPS) is 17.1. The van der Waals surface area contributed by atoms with Gasteiger partial charge >= 0.3 is 0 Å². The van der Waals surface area contributed by atoms with Crippen molar-refractivity contribution in [1.29, 1.82) is 0 Å². The third-order valence-corrected chi connectivity index (χ3v) is 4.21. The number of rotatable bonds is 4. The third kappa shape index (κ3) is 3.51. The molecule has 4 heteroatoms. The number of hydrogen-bond acceptors (Lipinski definition) is 1. The van der Waals surface area contributed by atoms with Crippen LogP contribution in [0, 0.1) is 17.6 Å². The summed E-state index contributed by atoms with van der Waals surface area (Å²) in [6.07, 6.45) is 6.36. The molecule has 0 saturated heterocycles. The first-order valence-electron chi connectivity index (χ1n) is 6.51. The van der Waals surface area contributed by atoms with Gasteiger partial charge in [-0.25, -0.2) is 8.78 Å². The Labute approximate surface area is 115 Å². The highest BCUT2D eigenvalue weighted by molar-refractivity contribution is 9.10. The van der Waals surface area contributed by atoms with E-state index >= 15 is 0 Å². The van der Waals surface area contributed by atoms with Gasteiger partial charge in [0.25, 0.3) is 0 Å². The number of nitrogens with one attached hydrogen (secondary N) is 1. The summed E-state index contributed by atoms with van der Waals surface area (Å²) in [5.74, 6) is -0.310. The second-order valence-electron chi connectivity index (χ2n) is 4.96. The van der Waals surface area contributed by atoms with Gasteiger partial charge in [-0.2, -0.15) is 0 Å². The Hall–Kier alpha value is -0.480. The molecule has 0 radical (unpaired) electrons. The summed E-state index contributed by atoms with van der Waals surface area (Å²) in [4.78, 5) is 0. The van der Waals surface area contributed by atoms with Crippen LogP contribution in [0.15, 0.2) is 16.6 Å². The van der Waals surface area contributed by atoms with E-state index in [1.54, 1.807) is 0 Å². The lowest BCUT2D eigenvalue weighted by Crippen LogP contribution is -2.25. The molecular formula is C14H18BrF2N. The Morgan fingerprint density at radius 3 is 2.61 bits per heavy atom. The molecule has 1 fully saturated rings. The van der Waals surface area contributed by atoms with Crippen LogP contribution in [-0.2, 0) is 6.54 Å². The molecule has 0 unspecified atom stereocenters. The zero-order valence-electron chi connectivity index (χ0n) is 10.3. The highest BCUT2D eigenvalue weighted by Gasteiger charge is 2.15. The molecule has 0 spiro atoms. The van der Waals surface area contributed by atoms with Gasteiger partial charge < -0.3 is 5.32 Å². The molecule has 0 atom stereocenters. The molecular weight excluding hydrogens is 300 g/mol. The van der Waals surface area contributed by atoms with Gasteiger partial charge in [0.15, 0.2) is 0 Å². The number of hydrogen-bond donors (Lipinski definition) is 1. The molecule has 1 N–H and O–H groups in total. The fraction of sp³-hybridized carbons (Fsp3) is 0.571. The zero-order chi connectivity index (χ0) is 13.0. The Morgan fingerprint density at radius 1 is 1.17 bits per heavy atom. The van der Waals surface area contributed by atoms with Crippen LogP contribution in [0.3, 0.4) is 0 Å². The fourth-order valence-electron chi connectivity index (χ4n) is 2.52. The molecule has 1 saturated carbocycles. The van der Waals surface area contributed by atoms with Crippen LogP contribution in [0.1, 0.15) is 37.7 Å². The predicted octanol–water partition coefficient (Wildman–Crippen LogP) is 4.40. The molecule has 1 aromatic rings. The SMILES string of the molecule is Fc1ccc(Br)c(F)c1CNCC1CCCCC1. The van der Waals surface area contributed by atoms with Crippen LogP contribution < -0.4 is 5.32 Å². The van der Waals surface area contributed by atoms with Crippen molar-refractivity contribution in [3.05, 3.63) is 33.8 Å². The van der Waals surface area contributed by atoms with Crippen LogP contribution >= 0.6 is 15.9 Å². The van der Waals surface area contributed by atoms with Crippen LogP contribution in [0.4, 0.5) is 8.78 Å². The lowest BCUT2D eigenvalue weighted by Gasteiger charge is -2.22. The number of benzene rings is 1. The first-order chi connectivity index (χ1) is 8.68. The van der Waals surface area contributed by atoms with Gasteiger partial charge in [-0.3, -0.25) is 0 Å². The molecule has 1 aliphatic carbocycles. The molecule has 0 heterocycles. The van der Waals surface area contributed by atoms with E-state index in [2.05, 4.69) is 21.2 Å². The van der Waals surface area contributed by atoms with Gasteiger partial charge in [0.2, 0.25) is 0 Å². The van der Waals surface area contributed by atoms with Crippen LogP contribution in [0.5, 0.6) is 0 Å². The van der Waals surface area contributed by atoms with Crippen molar-refractivity contribution in [1.82, 2.24) is 5.32 Å². The van der Waals surface area contributed by atoms with E-state index in [9.17, 15) is 8.78 Å². The topological polar surface area (TPSA) is 12.0 Å². The molecule has 100 valence electrons. The minimum Gasteiger partial charge on any atom is -0.312 e. The Morgan fingerprint density at radius 2 is 1.89 bits per heavy atom. The summed E-state index contributed by atoms with van der Waals surface area (Å²) in [5, 5.41) is 3.18. The maximum Gasteiger partial charge on any atom is 0.144 e. The summed E-state index contributed by atoms with van der Waals surface area (Å²) in [6.45, 7) is 1.11. The van der Waals surface area contributed by atoms with Crippen LogP contribution in [0.25, 0.3) is 0 Å². The average Bonchev–Trinajstić information content (AvgIpc) is 2.39.